The summed E-state index contributed by atoms with van der Waals surface area (Å²) in [7, 11) is 0. The zero-order valence-corrected chi connectivity index (χ0v) is 12.4. The molecule has 0 bridgehead atoms. The van der Waals surface area contributed by atoms with Crippen molar-refractivity contribution in [1.29, 1.82) is 0 Å². The molecule has 2 heteroatoms. The van der Waals surface area contributed by atoms with Crippen LogP contribution in [-0.2, 0) is 17.6 Å². The molecule has 0 heterocycles. The van der Waals surface area contributed by atoms with Gasteiger partial charge in [0, 0.05) is 0 Å². The fourth-order valence-electron chi connectivity index (χ4n) is 2.61. The maximum Gasteiger partial charge on any atom is 0.306 e. The number of aliphatic carboxylic acids is 1. The Labute approximate surface area is 116 Å². The number of rotatable bonds is 8. The number of carbonyl (C=O) groups is 1. The molecule has 0 spiro atoms. The predicted molar refractivity (Wildman–Crippen MR) is 79.5 cm³/mol. The molecule has 0 radical (unpaired) electrons. The number of benzene rings is 1. The molecule has 0 aliphatic heterocycles. The smallest absolute Gasteiger partial charge is 0.306 e. The minimum Gasteiger partial charge on any atom is -0.481 e. The first-order valence-corrected chi connectivity index (χ1v) is 7.39. The van der Waals surface area contributed by atoms with Crippen LogP contribution in [0.3, 0.4) is 0 Å². The van der Waals surface area contributed by atoms with E-state index in [1.807, 2.05) is 6.92 Å². The van der Waals surface area contributed by atoms with Gasteiger partial charge in [-0.25, -0.2) is 0 Å². The molecule has 0 aliphatic carbocycles. The third-order valence-electron chi connectivity index (χ3n) is 3.73. The van der Waals surface area contributed by atoms with E-state index in [-0.39, 0.29) is 5.92 Å². The summed E-state index contributed by atoms with van der Waals surface area (Å²) in [5, 5.41) is 9.14. The molecule has 0 saturated heterocycles. The van der Waals surface area contributed by atoms with Gasteiger partial charge in [0.1, 0.15) is 0 Å². The van der Waals surface area contributed by atoms with Crippen LogP contribution in [0, 0.1) is 12.8 Å². The van der Waals surface area contributed by atoms with Crippen molar-refractivity contribution in [2.24, 2.45) is 5.92 Å². The third-order valence-corrected chi connectivity index (χ3v) is 3.73. The Kier molecular flexibility index (Phi) is 6.61. The molecule has 0 amide bonds. The van der Waals surface area contributed by atoms with E-state index in [0.29, 0.717) is 0 Å². The van der Waals surface area contributed by atoms with E-state index in [9.17, 15) is 4.79 Å². The van der Waals surface area contributed by atoms with Gasteiger partial charge in [0.05, 0.1) is 5.92 Å². The van der Waals surface area contributed by atoms with E-state index in [1.54, 1.807) is 0 Å². The zero-order chi connectivity index (χ0) is 14.3. The van der Waals surface area contributed by atoms with Gasteiger partial charge in [-0.05, 0) is 50.2 Å². The van der Waals surface area contributed by atoms with E-state index in [2.05, 4.69) is 32.0 Å². The van der Waals surface area contributed by atoms with Gasteiger partial charge in [0.2, 0.25) is 0 Å². The quantitative estimate of drug-likeness (QED) is 0.754. The number of hydrogen-bond acceptors (Lipinski definition) is 1. The normalized spacial score (nSPS) is 12.4. The van der Waals surface area contributed by atoms with Crippen LogP contribution < -0.4 is 0 Å². The summed E-state index contributed by atoms with van der Waals surface area (Å²) in [4.78, 5) is 11.1. The summed E-state index contributed by atoms with van der Waals surface area (Å²) in [6.45, 7) is 6.34. The van der Waals surface area contributed by atoms with Gasteiger partial charge in [0.25, 0.3) is 0 Å². The second-order valence-electron chi connectivity index (χ2n) is 5.34. The lowest BCUT2D eigenvalue weighted by atomic mass is 9.93. The number of aryl methyl sites for hydroxylation is 3. The highest BCUT2D eigenvalue weighted by Gasteiger charge is 2.15. The molecular weight excluding hydrogens is 236 g/mol. The van der Waals surface area contributed by atoms with Gasteiger partial charge in [-0.3, -0.25) is 4.79 Å². The highest BCUT2D eigenvalue weighted by molar-refractivity contribution is 5.69. The number of carboxylic acid groups (broad SMARTS) is 1. The van der Waals surface area contributed by atoms with Crippen LogP contribution in [-0.4, -0.2) is 11.1 Å². The average molecular weight is 262 g/mol. The third kappa shape index (κ3) is 5.06. The molecule has 1 rings (SSSR count). The van der Waals surface area contributed by atoms with E-state index < -0.39 is 5.97 Å². The summed E-state index contributed by atoms with van der Waals surface area (Å²) in [6.07, 6.45) is 5.55. The van der Waals surface area contributed by atoms with Crippen LogP contribution in [0.4, 0.5) is 0 Å². The molecule has 106 valence electrons. The first kappa shape index (κ1) is 15.7. The summed E-state index contributed by atoms with van der Waals surface area (Å²) < 4.78 is 0. The molecule has 1 unspecified atom stereocenters. The van der Waals surface area contributed by atoms with Crippen molar-refractivity contribution in [3.05, 3.63) is 34.9 Å². The Hall–Kier alpha value is -1.31. The molecule has 0 aliphatic rings. The van der Waals surface area contributed by atoms with Crippen LogP contribution in [0.25, 0.3) is 0 Å². The maximum atomic E-state index is 11.1. The van der Waals surface area contributed by atoms with Gasteiger partial charge in [0.15, 0.2) is 0 Å². The summed E-state index contributed by atoms with van der Waals surface area (Å²) >= 11 is 0. The van der Waals surface area contributed by atoms with Crippen molar-refractivity contribution in [2.75, 3.05) is 0 Å². The monoisotopic (exact) mass is 262 g/mol. The molecule has 0 saturated carbocycles. The summed E-state index contributed by atoms with van der Waals surface area (Å²) in [6, 6.07) is 6.59. The predicted octanol–water partition coefficient (Wildman–Crippen LogP) is 4.38. The van der Waals surface area contributed by atoms with Crippen molar-refractivity contribution < 1.29 is 9.90 Å². The van der Waals surface area contributed by atoms with Gasteiger partial charge in [-0.15, -0.1) is 0 Å². The molecule has 0 aromatic heterocycles. The molecule has 0 fully saturated rings. The van der Waals surface area contributed by atoms with Crippen molar-refractivity contribution >= 4 is 5.97 Å². The van der Waals surface area contributed by atoms with E-state index in [4.69, 9.17) is 5.11 Å². The molecule has 1 aromatic rings. The van der Waals surface area contributed by atoms with Crippen molar-refractivity contribution in [1.82, 2.24) is 0 Å². The van der Waals surface area contributed by atoms with Gasteiger partial charge in [-0.2, -0.15) is 0 Å². The van der Waals surface area contributed by atoms with Crippen LogP contribution in [0.5, 0.6) is 0 Å². The summed E-state index contributed by atoms with van der Waals surface area (Å²) in [5.41, 5.74) is 4.09. The fourth-order valence-corrected chi connectivity index (χ4v) is 2.61. The van der Waals surface area contributed by atoms with Crippen LogP contribution >= 0.6 is 0 Å². The van der Waals surface area contributed by atoms with Crippen molar-refractivity contribution in [3.8, 4) is 0 Å². The number of hydrogen-bond donors (Lipinski definition) is 1. The van der Waals surface area contributed by atoms with Gasteiger partial charge >= 0.3 is 5.97 Å². The Morgan fingerprint density at radius 3 is 2.53 bits per heavy atom. The lowest BCUT2D eigenvalue weighted by Crippen LogP contribution is -2.13. The van der Waals surface area contributed by atoms with Gasteiger partial charge < -0.3 is 5.11 Å². The van der Waals surface area contributed by atoms with Crippen LogP contribution in [0.2, 0.25) is 0 Å². The highest BCUT2D eigenvalue weighted by atomic mass is 16.4. The van der Waals surface area contributed by atoms with E-state index in [1.165, 1.54) is 16.7 Å². The molecule has 1 N–H and O–H groups in total. The molecule has 19 heavy (non-hydrogen) atoms. The first-order valence-electron chi connectivity index (χ1n) is 7.39. The summed E-state index contributed by atoms with van der Waals surface area (Å²) in [5.74, 6) is -0.804. The first-order chi connectivity index (χ1) is 9.08. The topological polar surface area (TPSA) is 37.3 Å². The van der Waals surface area contributed by atoms with E-state index >= 15 is 0 Å². The van der Waals surface area contributed by atoms with Crippen molar-refractivity contribution in [3.63, 3.8) is 0 Å². The average Bonchev–Trinajstić information content (AvgIpc) is 2.39. The molecule has 1 aromatic carbocycles. The van der Waals surface area contributed by atoms with Crippen LogP contribution in [0.1, 0.15) is 56.2 Å². The second-order valence-corrected chi connectivity index (χ2v) is 5.34. The lowest BCUT2D eigenvalue weighted by Gasteiger charge is -2.12. The highest BCUT2D eigenvalue weighted by Crippen LogP contribution is 2.19. The standard InChI is InChI=1S/C17H26O2/c1-4-7-16(17(18)19)9-6-8-15-11-10-13(3)12-14(15)5-2/h10-12,16H,4-9H2,1-3H3,(H,18,19). The molecular formula is C17H26O2. The maximum absolute atomic E-state index is 11.1. The Morgan fingerprint density at radius 1 is 1.21 bits per heavy atom. The van der Waals surface area contributed by atoms with Gasteiger partial charge in [-0.1, -0.05) is 44.0 Å². The van der Waals surface area contributed by atoms with E-state index in [0.717, 1.165) is 38.5 Å². The Balaban J connectivity index is 2.54. The second kappa shape index (κ2) is 7.98. The SMILES string of the molecule is CCCC(CCCc1ccc(C)cc1CC)C(=O)O. The molecule has 2 nitrogen and oxygen atoms in total. The number of carboxylic acids is 1. The Bertz CT molecular complexity index is 410. The Morgan fingerprint density at radius 2 is 1.95 bits per heavy atom. The zero-order valence-electron chi connectivity index (χ0n) is 12.4. The van der Waals surface area contributed by atoms with Crippen molar-refractivity contribution in [2.45, 2.75) is 59.3 Å². The molecule has 1 atom stereocenters. The minimum absolute atomic E-state index is 0.166. The fraction of sp³-hybridized carbons (Fsp3) is 0.588. The van der Waals surface area contributed by atoms with Crippen LogP contribution in [0.15, 0.2) is 18.2 Å². The minimum atomic E-state index is -0.638. The lowest BCUT2D eigenvalue weighted by molar-refractivity contribution is -0.142. The largest absolute Gasteiger partial charge is 0.481 e.